The predicted molar refractivity (Wildman–Crippen MR) is 109 cm³/mol. The van der Waals surface area contributed by atoms with Gasteiger partial charge in [-0.2, -0.15) is 13.2 Å². The first-order chi connectivity index (χ1) is 15.1. The molecule has 1 spiro atoms. The molecule has 3 aliphatic rings. The van der Waals surface area contributed by atoms with Crippen molar-refractivity contribution in [2.75, 3.05) is 37.6 Å². The summed E-state index contributed by atoms with van der Waals surface area (Å²) in [4.78, 5) is 46.6. The second-order valence-electron chi connectivity index (χ2n) is 8.71. The lowest BCUT2D eigenvalue weighted by molar-refractivity contribution is -0.140. The number of anilines is 1. The third kappa shape index (κ3) is 4.00. The Balaban J connectivity index is 1.34. The molecule has 11 heteroatoms. The molecule has 4 amide bonds. The molecule has 4 rings (SSSR count). The fourth-order valence-corrected chi connectivity index (χ4v) is 4.80. The summed E-state index contributed by atoms with van der Waals surface area (Å²) in [5, 5.41) is 2.84. The minimum atomic E-state index is -4.44. The number of nitrogens with one attached hydrogen (secondary N) is 1. The number of hydrogen-bond acceptors (Lipinski definition) is 5. The molecule has 2 aliphatic heterocycles. The van der Waals surface area contributed by atoms with E-state index in [0.717, 1.165) is 36.4 Å². The SMILES string of the molecule is C[C@H]1CCCC[C@@]12NC(=O)N(CC(=O)N1CCN(c3ccc(C(F)(F)F)cn3)CC1)C2=O. The van der Waals surface area contributed by atoms with Crippen molar-refractivity contribution in [1.82, 2.24) is 20.1 Å². The molecule has 174 valence electrons. The van der Waals surface area contributed by atoms with E-state index < -0.39 is 23.3 Å². The van der Waals surface area contributed by atoms with Crippen LogP contribution in [-0.2, 0) is 15.8 Å². The second kappa shape index (κ2) is 8.25. The molecule has 1 aromatic rings. The van der Waals surface area contributed by atoms with Gasteiger partial charge in [0.15, 0.2) is 0 Å². The predicted octanol–water partition coefficient (Wildman–Crippen LogP) is 2.25. The number of aromatic nitrogens is 1. The van der Waals surface area contributed by atoms with E-state index in [1.165, 1.54) is 6.07 Å². The van der Waals surface area contributed by atoms with Crippen LogP contribution in [0.3, 0.4) is 0 Å². The van der Waals surface area contributed by atoms with Crippen molar-refractivity contribution in [2.24, 2.45) is 5.92 Å². The number of hydrogen-bond donors (Lipinski definition) is 1. The highest BCUT2D eigenvalue weighted by Gasteiger charge is 2.55. The van der Waals surface area contributed by atoms with E-state index in [1.807, 2.05) is 6.92 Å². The molecule has 1 N–H and O–H groups in total. The average Bonchev–Trinajstić information content (AvgIpc) is 3.00. The molecule has 0 bridgehead atoms. The third-order valence-electron chi connectivity index (χ3n) is 6.83. The summed E-state index contributed by atoms with van der Waals surface area (Å²) in [5.74, 6) is -0.218. The highest BCUT2D eigenvalue weighted by Crippen LogP contribution is 2.38. The van der Waals surface area contributed by atoms with Crippen molar-refractivity contribution in [3.63, 3.8) is 0 Å². The Kier molecular flexibility index (Phi) is 5.76. The number of alkyl halides is 3. The van der Waals surface area contributed by atoms with Crippen molar-refractivity contribution in [2.45, 2.75) is 44.3 Å². The van der Waals surface area contributed by atoms with E-state index in [2.05, 4.69) is 10.3 Å². The lowest BCUT2D eigenvalue weighted by atomic mass is 9.73. The van der Waals surface area contributed by atoms with Crippen LogP contribution >= 0.6 is 0 Å². The fraction of sp³-hybridized carbons (Fsp3) is 0.619. The highest BCUT2D eigenvalue weighted by molar-refractivity contribution is 6.09. The van der Waals surface area contributed by atoms with Crippen LogP contribution < -0.4 is 10.2 Å². The van der Waals surface area contributed by atoms with Gasteiger partial charge in [-0.1, -0.05) is 19.8 Å². The van der Waals surface area contributed by atoms with Crippen molar-refractivity contribution in [3.8, 4) is 0 Å². The number of nitrogens with zero attached hydrogens (tertiary/aromatic N) is 4. The molecule has 0 unspecified atom stereocenters. The molecule has 1 saturated carbocycles. The molecule has 3 fully saturated rings. The number of halogens is 3. The van der Waals surface area contributed by atoms with Crippen molar-refractivity contribution in [3.05, 3.63) is 23.9 Å². The van der Waals surface area contributed by atoms with Gasteiger partial charge in [0.1, 0.15) is 17.9 Å². The van der Waals surface area contributed by atoms with Crippen LogP contribution in [0.25, 0.3) is 0 Å². The van der Waals surface area contributed by atoms with Crippen molar-refractivity contribution >= 4 is 23.7 Å². The number of rotatable bonds is 3. The van der Waals surface area contributed by atoms with Gasteiger partial charge in [0.05, 0.1) is 5.56 Å². The monoisotopic (exact) mass is 453 g/mol. The van der Waals surface area contributed by atoms with Crippen LogP contribution in [0.15, 0.2) is 18.3 Å². The summed E-state index contributed by atoms with van der Waals surface area (Å²) in [6.07, 6.45) is -0.326. The molecule has 0 radical (unpaired) electrons. The van der Waals surface area contributed by atoms with Gasteiger partial charge in [-0.05, 0) is 30.9 Å². The standard InChI is InChI=1S/C21H26F3N5O3/c1-14-4-2-3-7-20(14)18(31)29(19(32)26-20)13-17(30)28-10-8-27(9-11-28)16-6-5-15(12-25-16)21(22,23)24/h5-6,12,14H,2-4,7-11,13H2,1H3,(H,26,32)/t14-,20+/m0/s1. The van der Waals surface area contributed by atoms with Crippen LogP contribution in [0.1, 0.15) is 38.2 Å². The van der Waals surface area contributed by atoms with E-state index in [4.69, 9.17) is 0 Å². The topological polar surface area (TPSA) is 85.8 Å². The molecule has 1 aromatic heterocycles. The third-order valence-corrected chi connectivity index (χ3v) is 6.83. The molecule has 2 saturated heterocycles. The largest absolute Gasteiger partial charge is 0.417 e. The van der Waals surface area contributed by atoms with Gasteiger partial charge in [0, 0.05) is 32.4 Å². The zero-order valence-electron chi connectivity index (χ0n) is 17.8. The first kappa shape index (κ1) is 22.3. The van der Waals surface area contributed by atoms with Gasteiger partial charge >= 0.3 is 12.2 Å². The Labute approximate surface area is 183 Å². The number of imide groups is 1. The van der Waals surface area contributed by atoms with Gasteiger partial charge in [-0.3, -0.25) is 14.5 Å². The Hall–Kier alpha value is -2.85. The summed E-state index contributed by atoms with van der Waals surface area (Å²) in [7, 11) is 0. The van der Waals surface area contributed by atoms with Gasteiger partial charge in [-0.25, -0.2) is 9.78 Å². The summed E-state index contributed by atoms with van der Waals surface area (Å²) >= 11 is 0. The molecule has 32 heavy (non-hydrogen) atoms. The lowest BCUT2D eigenvalue weighted by Gasteiger charge is -2.37. The minimum absolute atomic E-state index is 0.0209. The van der Waals surface area contributed by atoms with Crippen LogP contribution in [0.4, 0.5) is 23.8 Å². The van der Waals surface area contributed by atoms with Crippen LogP contribution in [-0.4, -0.2) is 70.9 Å². The molecular formula is C21H26F3N5O3. The zero-order valence-corrected chi connectivity index (χ0v) is 17.8. The van der Waals surface area contributed by atoms with Crippen molar-refractivity contribution in [1.29, 1.82) is 0 Å². The van der Waals surface area contributed by atoms with E-state index in [-0.39, 0.29) is 24.3 Å². The number of piperazine rings is 1. The Morgan fingerprint density at radius 2 is 1.91 bits per heavy atom. The van der Waals surface area contributed by atoms with Gasteiger partial charge in [-0.15, -0.1) is 0 Å². The number of carbonyl (C=O) groups excluding carboxylic acids is 3. The summed E-state index contributed by atoms with van der Waals surface area (Å²) in [6, 6.07) is 1.78. The lowest BCUT2D eigenvalue weighted by Crippen LogP contribution is -2.55. The Morgan fingerprint density at radius 1 is 1.19 bits per heavy atom. The van der Waals surface area contributed by atoms with E-state index >= 15 is 0 Å². The van der Waals surface area contributed by atoms with Gasteiger partial charge < -0.3 is 15.1 Å². The number of urea groups is 1. The summed E-state index contributed by atoms with van der Waals surface area (Å²) in [6.45, 7) is 3.09. The first-order valence-electron chi connectivity index (χ1n) is 10.8. The van der Waals surface area contributed by atoms with Crippen LogP contribution in [0, 0.1) is 5.92 Å². The molecule has 0 aromatic carbocycles. The second-order valence-corrected chi connectivity index (χ2v) is 8.71. The van der Waals surface area contributed by atoms with Gasteiger partial charge in [0.25, 0.3) is 5.91 Å². The average molecular weight is 453 g/mol. The number of amides is 4. The summed E-state index contributed by atoms with van der Waals surface area (Å²) in [5.41, 5.74) is -1.71. The Morgan fingerprint density at radius 3 is 2.50 bits per heavy atom. The molecule has 1 aliphatic carbocycles. The minimum Gasteiger partial charge on any atom is -0.353 e. The zero-order chi connectivity index (χ0) is 23.1. The number of pyridine rings is 1. The van der Waals surface area contributed by atoms with Crippen LogP contribution in [0.2, 0.25) is 0 Å². The van der Waals surface area contributed by atoms with Gasteiger partial charge in [0.2, 0.25) is 5.91 Å². The normalized spacial score (nSPS) is 26.6. The Bertz CT molecular complexity index is 899. The van der Waals surface area contributed by atoms with E-state index in [0.29, 0.717) is 38.4 Å². The van der Waals surface area contributed by atoms with Crippen LogP contribution in [0.5, 0.6) is 0 Å². The summed E-state index contributed by atoms with van der Waals surface area (Å²) < 4.78 is 38.1. The van der Waals surface area contributed by atoms with Crippen molar-refractivity contribution < 1.29 is 27.6 Å². The quantitative estimate of drug-likeness (QED) is 0.710. The smallest absolute Gasteiger partial charge is 0.353 e. The fourth-order valence-electron chi connectivity index (χ4n) is 4.80. The molecule has 8 nitrogen and oxygen atoms in total. The maximum absolute atomic E-state index is 13.0. The maximum Gasteiger partial charge on any atom is 0.417 e. The molecule has 2 atom stereocenters. The maximum atomic E-state index is 13.0. The molecule has 3 heterocycles. The first-order valence-corrected chi connectivity index (χ1v) is 10.8. The number of carbonyl (C=O) groups is 3. The molecular weight excluding hydrogens is 427 g/mol. The highest BCUT2D eigenvalue weighted by atomic mass is 19.4. The van der Waals surface area contributed by atoms with E-state index in [9.17, 15) is 27.6 Å². The van der Waals surface area contributed by atoms with E-state index in [1.54, 1.807) is 9.80 Å².